The van der Waals surface area contributed by atoms with Crippen molar-refractivity contribution >= 4 is 11.9 Å². The Labute approximate surface area is 121 Å². The van der Waals surface area contributed by atoms with Gasteiger partial charge in [-0.15, -0.1) is 0 Å². The number of hydrogen-bond donors (Lipinski definition) is 2. The highest BCUT2D eigenvalue weighted by atomic mass is 16.4. The number of likely N-dealkylation sites (N-methyl/N-ethyl adjacent to an activating group) is 1. The molecule has 20 heavy (non-hydrogen) atoms. The summed E-state index contributed by atoms with van der Waals surface area (Å²) in [7, 11) is 1.77. The maximum atomic E-state index is 12.0. The number of carboxylic acid groups (broad SMARTS) is 1. The number of carboxylic acids is 1. The van der Waals surface area contributed by atoms with E-state index in [1.54, 1.807) is 23.8 Å². The number of nitrogens with zero attached hydrogens (tertiary/aromatic N) is 2. The molecule has 0 fully saturated rings. The largest absolute Gasteiger partial charge is 0.481 e. The highest BCUT2D eigenvalue weighted by Gasteiger charge is 2.19. The van der Waals surface area contributed by atoms with Crippen molar-refractivity contribution in [2.45, 2.75) is 33.1 Å². The van der Waals surface area contributed by atoms with E-state index < -0.39 is 11.9 Å². The van der Waals surface area contributed by atoms with Crippen LogP contribution in [0.4, 0.5) is 0 Å². The first-order valence-electron chi connectivity index (χ1n) is 7.22. The molecule has 0 heterocycles. The zero-order valence-electron chi connectivity index (χ0n) is 12.8. The minimum atomic E-state index is -0.870. The zero-order chi connectivity index (χ0) is 15.5. The lowest BCUT2D eigenvalue weighted by atomic mass is 10.1. The van der Waals surface area contributed by atoms with Crippen LogP contribution in [0.2, 0.25) is 0 Å². The quantitative estimate of drug-likeness (QED) is 0.583. The van der Waals surface area contributed by atoms with E-state index in [-0.39, 0.29) is 19.1 Å². The van der Waals surface area contributed by atoms with Crippen LogP contribution in [-0.2, 0) is 9.59 Å². The third kappa shape index (κ3) is 8.12. The molecule has 0 aromatic heterocycles. The van der Waals surface area contributed by atoms with Crippen LogP contribution in [0.25, 0.3) is 0 Å². The summed E-state index contributed by atoms with van der Waals surface area (Å²) in [6.07, 6.45) is 2.53. The Morgan fingerprint density at radius 2 is 1.85 bits per heavy atom. The van der Waals surface area contributed by atoms with Crippen LogP contribution >= 0.6 is 0 Å². The first kappa shape index (κ1) is 18.9. The Bertz CT molecular complexity index is 297. The van der Waals surface area contributed by atoms with Crippen LogP contribution in [0, 0.1) is 5.92 Å². The van der Waals surface area contributed by atoms with Crippen LogP contribution in [0.1, 0.15) is 33.1 Å². The van der Waals surface area contributed by atoms with Crippen LogP contribution in [-0.4, -0.2) is 71.7 Å². The molecule has 1 amide bonds. The topological polar surface area (TPSA) is 81.1 Å². The van der Waals surface area contributed by atoms with E-state index in [0.717, 1.165) is 19.4 Å². The van der Waals surface area contributed by atoms with Gasteiger partial charge in [0.25, 0.3) is 0 Å². The number of aliphatic carboxylic acids is 1. The van der Waals surface area contributed by atoms with Gasteiger partial charge in [0.2, 0.25) is 5.91 Å². The molecule has 6 nitrogen and oxygen atoms in total. The Kier molecular flexibility index (Phi) is 10.0. The van der Waals surface area contributed by atoms with Gasteiger partial charge in [-0.25, -0.2) is 0 Å². The standard InChI is InChI=1S/C14H28N2O4/c1-4-5-7-15(3)13(18)11-16(8-6-9-17)10-12(2)14(19)20/h12,17H,4-11H2,1-3H3,(H,19,20). The summed E-state index contributed by atoms with van der Waals surface area (Å²) in [5.74, 6) is -1.40. The Morgan fingerprint density at radius 3 is 2.35 bits per heavy atom. The molecule has 6 heteroatoms. The molecule has 0 aliphatic carbocycles. The average Bonchev–Trinajstić information content (AvgIpc) is 2.41. The number of carbonyl (C=O) groups excluding carboxylic acids is 1. The van der Waals surface area contributed by atoms with E-state index in [0.29, 0.717) is 19.5 Å². The molecule has 0 aliphatic rings. The molecule has 0 aromatic carbocycles. The third-order valence-corrected chi connectivity index (χ3v) is 3.22. The summed E-state index contributed by atoms with van der Waals surface area (Å²) in [5.41, 5.74) is 0. The number of carbonyl (C=O) groups is 2. The lowest BCUT2D eigenvalue weighted by Gasteiger charge is -2.26. The van der Waals surface area contributed by atoms with Gasteiger partial charge in [0.1, 0.15) is 0 Å². The second kappa shape index (κ2) is 10.6. The van der Waals surface area contributed by atoms with Gasteiger partial charge >= 0.3 is 5.97 Å². The minimum Gasteiger partial charge on any atom is -0.481 e. The van der Waals surface area contributed by atoms with E-state index in [2.05, 4.69) is 6.92 Å². The maximum Gasteiger partial charge on any atom is 0.307 e. The molecule has 0 rings (SSSR count). The molecule has 0 saturated carbocycles. The SMILES string of the molecule is CCCCN(C)C(=O)CN(CCCO)CC(C)C(=O)O. The average molecular weight is 288 g/mol. The molecule has 118 valence electrons. The zero-order valence-corrected chi connectivity index (χ0v) is 12.8. The van der Waals surface area contributed by atoms with Crippen molar-refractivity contribution in [1.82, 2.24) is 9.80 Å². The van der Waals surface area contributed by atoms with Crippen molar-refractivity contribution < 1.29 is 19.8 Å². The molecule has 0 aromatic rings. The number of unbranched alkanes of at least 4 members (excludes halogenated alkanes) is 1. The molecule has 0 saturated heterocycles. The van der Waals surface area contributed by atoms with Gasteiger partial charge in [-0.3, -0.25) is 14.5 Å². The van der Waals surface area contributed by atoms with Crippen molar-refractivity contribution in [2.75, 3.05) is 39.8 Å². The summed E-state index contributed by atoms with van der Waals surface area (Å²) < 4.78 is 0. The van der Waals surface area contributed by atoms with E-state index in [9.17, 15) is 9.59 Å². The second-order valence-corrected chi connectivity index (χ2v) is 5.22. The lowest BCUT2D eigenvalue weighted by molar-refractivity contribution is -0.142. The molecule has 2 N–H and O–H groups in total. The molecule has 0 radical (unpaired) electrons. The van der Waals surface area contributed by atoms with Crippen LogP contribution in [0.3, 0.4) is 0 Å². The maximum absolute atomic E-state index is 12.0. The normalized spacial score (nSPS) is 12.4. The minimum absolute atomic E-state index is 0.00558. The number of aliphatic hydroxyl groups excluding tert-OH is 1. The van der Waals surface area contributed by atoms with Crippen LogP contribution < -0.4 is 0 Å². The summed E-state index contributed by atoms with van der Waals surface area (Å²) in [4.78, 5) is 26.4. The Hall–Kier alpha value is -1.14. The molecule has 1 atom stereocenters. The van der Waals surface area contributed by atoms with Gasteiger partial charge in [0, 0.05) is 33.3 Å². The van der Waals surface area contributed by atoms with Gasteiger partial charge < -0.3 is 15.1 Å². The monoisotopic (exact) mass is 288 g/mol. The van der Waals surface area contributed by atoms with Gasteiger partial charge in [0.05, 0.1) is 12.5 Å². The summed E-state index contributed by atoms with van der Waals surface area (Å²) in [6, 6.07) is 0. The van der Waals surface area contributed by atoms with E-state index in [1.807, 2.05) is 0 Å². The molecule has 0 spiro atoms. The smallest absolute Gasteiger partial charge is 0.307 e. The van der Waals surface area contributed by atoms with Crippen LogP contribution in [0.15, 0.2) is 0 Å². The van der Waals surface area contributed by atoms with Gasteiger partial charge in [-0.05, 0) is 12.8 Å². The number of rotatable bonds is 11. The lowest BCUT2D eigenvalue weighted by Crippen LogP contribution is -2.42. The highest BCUT2D eigenvalue weighted by molar-refractivity contribution is 5.78. The highest BCUT2D eigenvalue weighted by Crippen LogP contribution is 2.03. The summed E-state index contributed by atoms with van der Waals surface area (Å²) in [5, 5.41) is 17.8. The van der Waals surface area contributed by atoms with Crippen molar-refractivity contribution in [3.8, 4) is 0 Å². The molecule has 1 unspecified atom stereocenters. The predicted octanol–water partition coefficient (Wildman–Crippen LogP) is 0.650. The van der Waals surface area contributed by atoms with Gasteiger partial charge in [-0.1, -0.05) is 20.3 Å². The first-order chi connectivity index (χ1) is 9.42. The fourth-order valence-electron chi connectivity index (χ4n) is 1.83. The van der Waals surface area contributed by atoms with Crippen molar-refractivity contribution in [1.29, 1.82) is 0 Å². The van der Waals surface area contributed by atoms with Crippen molar-refractivity contribution in [2.24, 2.45) is 5.92 Å². The number of aliphatic hydroxyl groups is 1. The van der Waals surface area contributed by atoms with E-state index in [1.165, 1.54) is 0 Å². The Morgan fingerprint density at radius 1 is 1.20 bits per heavy atom. The number of hydrogen-bond acceptors (Lipinski definition) is 4. The third-order valence-electron chi connectivity index (χ3n) is 3.22. The van der Waals surface area contributed by atoms with E-state index in [4.69, 9.17) is 10.2 Å². The fraction of sp³-hybridized carbons (Fsp3) is 0.857. The van der Waals surface area contributed by atoms with Gasteiger partial charge in [0.15, 0.2) is 0 Å². The molecular weight excluding hydrogens is 260 g/mol. The summed E-state index contributed by atoms with van der Waals surface area (Å²) in [6.45, 7) is 5.51. The second-order valence-electron chi connectivity index (χ2n) is 5.22. The van der Waals surface area contributed by atoms with Crippen LogP contribution in [0.5, 0.6) is 0 Å². The number of amides is 1. The Balaban J connectivity index is 4.39. The van der Waals surface area contributed by atoms with E-state index >= 15 is 0 Å². The van der Waals surface area contributed by atoms with Crippen molar-refractivity contribution in [3.63, 3.8) is 0 Å². The molecule has 0 bridgehead atoms. The predicted molar refractivity (Wildman–Crippen MR) is 77.5 cm³/mol. The first-order valence-corrected chi connectivity index (χ1v) is 7.22. The molecule has 0 aliphatic heterocycles. The van der Waals surface area contributed by atoms with Crippen molar-refractivity contribution in [3.05, 3.63) is 0 Å². The summed E-state index contributed by atoms with van der Waals surface area (Å²) >= 11 is 0. The molecular formula is C14H28N2O4. The van der Waals surface area contributed by atoms with Gasteiger partial charge in [-0.2, -0.15) is 0 Å². The fourth-order valence-corrected chi connectivity index (χ4v) is 1.83.